The highest BCUT2D eigenvalue weighted by Gasteiger charge is 2.08. The number of nitrogens with one attached hydrogen (secondary N) is 1. The first-order valence-corrected chi connectivity index (χ1v) is 7.02. The van der Waals surface area contributed by atoms with Gasteiger partial charge in [-0.2, -0.15) is 0 Å². The minimum Gasteiger partial charge on any atom is -0.397 e. The second kappa shape index (κ2) is 6.74. The lowest BCUT2D eigenvalue weighted by Crippen LogP contribution is -2.21. The third-order valence-corrected chi connectivity index (χ3v) is 3.27. The molecule has 0 spiro atoms. The van der Waals surface area contributed by atoms with E-state index in [1.54, 1.807) is 12.1 Å². The minimum atomic E-state index is -0.245. The van der Waals surface area contributed by atoms with E-state index in [-0.39, 0.29) is 5.91 Å². The van der Waals surface area contributed by atoms with Crippen molar-refractivity contribution in [1.29, 1.82) is 0 Å². The fraction of sp³-hybridized carbons (Fsp3) is 0.250. The molecular formula is C16H20N4O. The second-order valence-corrected chi connectivity index (χ2v) is 4.65. The maximum Gasteiger partial charge on any atom is 0.274 e. The van der Waals surface area contributed by atoms with E-state index in [1.165, 1.54) is 6.20 Å². The second-order valence-electron chi connectivity index (χ2n) is 4.65. The van der Waals surface area contributed by atoms with Gasteiger partial charge >= 0.3 is 0 Å². The predicted octanol–water partition coefficient (Wildman–Crippen LogP) is 2.76. The molecule has 0 aliphatic rings. The number of hydrogen-bond acceptors (Lipinski definition) is 4. The number of hydrogen-bond donors (Lipinski definition) is 2. The van der Waals surface area contributed by atoms with Crippen molar-refractivity contribution in [3.8, 4) is 0 Å². The van der Waals surface area contributed by atoms with Gasteiger partial charge in [0.1, 0.15) is 5.69 Å². The van der Waals surface area contributed by atoms with Gasteiger partial charge in [-0.05, 0) is 50.2 Å². The Morgan fingerprint density at radius 1 is 1.14 bits per heavy atom. The molecule has 1 heterocycles. The van der Waals surface area contributed by atoms with Gasteiger partial charge in [0.05, 0.1) is 11.9 Å². The van der Waals surface area contributed by atoms with E-state index in [0.29, 0.717) is 11.4 Å². The lowest BCUT2D eigenvalue weighted by atomic mass is 10.2. The number of rotatable bonds is 5. The Labute approximate surface area is 124 Å². The van der Waals surface area contributed by atoms with Crippen LogP contribution in [-0.2, 0) is 0 Å². The molecule has 0 atom stereocenters. The maximum absolute atomic E-state index is 12.0. The fourth-order valence-corrected chi connectivity index (χ4v) is 2.08. The third-order valence-electron chi connectivity index (χ3n) is 3.27. The number of carbonyl (C=O) groups excluding carboxylic acids is 1. The summed E-state index contributed by atoms with van der Waals surface area (Å²) in [5.41, 5.74) is 8.32. The summed E-state index contributed by atoms with van der Waals surface area (Å²) >= 11 is 0. The Kier molecular flexibility index (Phi) is 4.77. The molecule has 0 aliphatic heterocycles. The van der Waals surface area contributed by atoms with Crippen LogP contribution in [0.5, 0.6) is 0 Å². The highest BCUT2D eigenvalue weighted by Crippen LogP contribution is 2.18. The first-order chi connectivity index (χ1) is 10.1. The summed E-state index contributed by atoms with van der Waals surface area (Å²) in [6, 6.07) is 11.0. The van der Waals surface area contributed by atoms with Gasteiger partial charge in [-0.3, -0.25) is 4.79 Å². The average Bonchev–Trinajstić information content (AvgIpc) is 2.51. The predicted molar refractivity (Wildman–Crippen MR) is 86.6 cm³/mol. The zero-order chi connectivity index (χ0) is 15.2. The molecule has 0 saturated heterocycles. The smallest absolute Gasteiger partial charge is 0.274 e. The summed E-state index contributed by atoms with van der Waals surface area (Å²) < 4.78 is 0. The van der Waals surface area contributed by atoms with E-state index in [2.05, 4.69) is 29.0 Å². The van der Waals surface area contributed by atoms with Crippen molar-refractivity contribution in [3.05, 3.63) is 48.3 Å². The van der Waals surface area contributed by atoms with E-state index in [4.69, 9.17) is 5.73 Å². The van der Waals surface area contributed by atoms with Gasteiger partial charge in [-0.15, -0.1) is 0 Å². The van der Waals surface area contributed by atoms with Crippen molar-refractivity contribution in [2.75, 3.05) is 29.0 Å². The van der Waals surface area contributed by atoms with Crippen LogP contribution >= 0.6 is 0 Å². The van der Waals surface area contributed by atoms with Gasteiger partial charge in [0.25, 0.3) is 5.91 Å². The molecule has 5 heteroatoms. The number of benzene rings is 1. The van der Waals surface area contributed by atoms with Crippen LogP contribution in [-0.4, -0.2) is 24.0 Å². The molecule has 2 aromatic rings. The van der Waals surface area contributed by atoms with Crippen LogP contribution in [0.3, 0.4) is 0 Å². The SMILES string of the molecule is CCN(CC)c1ccc(NC(=O)c2ccc(N)cn2)cc1. The number of anilines is 3. The quantitative estimate of drug-likeness (QED) is 0.885. The molecule has 0 aliphatic carbocycles. The van der Waals surface area contributed by atoms with Crippen LogP contribution in [0.25, 0.3) is 0 Å². The summed E-state index contributed by atoms with van der Waals surface area (Å²) in [7, 11) is 0. The van der Waals surface area contributed by atoms with Gasteiger partial charge < -0.3 is 16.0 Å². The monoisotopic (exact) mass is 284 g/mol. The van der Waals surface area contributed by atoms with Crippen LogP contribution in [0, 0.1) is 0 Å². The first kappa shape index (κ1) is 14.8. The molecule has 0 fully saturated rings. The van der Waals surface area contributed by atoms with Crippen LogP contribution in [0.15, 0.2) is 42.6 Å². The summed E-state index contributed by atoms with van der Waals surface area (Å²) in [5, 5.41) is 2.82. The molecule has 0 bridgehead atoms. The van der Waals surface area contributed by atoms with E-state index < -0.39 is 0 Å². The fourth-order valence-electron chi connectivity index (χ4n) is 2.08. The third kappa shape index (κ3) is 3.72. The van der Waals surface area contributed by atoms with Crippen molar-refractivity contribution >= 4 is 23.0 Å². The number of nitrogen functional groups attached to an aromatic ring is 1. The molecule has 21 heavy (non-hydrogen) atoms. The normalized spacial score (nSPS) is 10.2. The van der Waals surface area contributed by atoms with Crippen molar-refractivity contribution in [1.82, 2.24) is 4.98 Å². The van der Waals surface area contributed by atoms with Gasteiger partial charge in [-0.25, -0.2) is 4.98 Å². The molecule has 5 nitrogen and oxygen atoms in total. The molecule has 1 amide bonds. The summed E-state index contributed by atoms with van der Waals surface area (Å²) in [4.78, 5) is 18.3. The molecule has 1 aromatic carbocycles. The molecule has 1 aromatic heterocycles. The molecule has 0 unspecified atom stereocenters. The summed E-state index contributed by atoms with van der Waals surface area (Å²) in [5.74, 6) is -0.245. The van der Waals surface area contributed by atoms with E-state index in [0.717, 1.165) is 24.5 Å². The Morgan fingerprint density at radius 3 is 2.33 bits per heavy atom. The van der Waals surface area contributed by atoms with E-state index >= 15 is 0 Å². The lowest BCUT2D eigenvalue weighted by molar-refractivity contribution is 0.102. The Balaban J connectivity index is 2.06. The van der Waals surface area contributed by atoms with Crippen molar-refractivity contribution in [3.63, 3.8) is 0 Å². The largest absolute Gasteiger partial charge is 0.397 e. The molecular weight excluding hydrogens is 264 g/mol. The van der Waals surface area contributed by atoms with Gasteiger partial charge in [0, 0.05) is 24.5 Å². The van der Waals surface area contributed by atoms with Crippen LogP contribution < -0.4 is 16.0 Å². The van der Waals surface area contributed by atoms with Gasteiger partial charge in [0.2, 0.25) is 0 Å². The minimum absolute atomic E-state index is 0.245. The molecule has 3 N–H and O–H groups in total. The van der Waals surface area contributed by atoms with E-state index in [9.17, 15) is 4.79 Å². The zero-order valence-electron chi connectivity index (χ0n) is 12.3. The topological polar surface area (TPSA) is 71.2 Å². The van der Waals surface area contributed by atoms with Crippen LogP contribution in [0.4, 0.5) is 17.1 Å². The first-order valence-electron chi connectivity index (χ1n) is 7.02. The standard InChI is InChI=1S/C16H20N4O/c1-3-20(4-2)14-8-6-13(7-9-14)19-16(21)15-10-5-12(17)11-18-15/h5-11H,3-4,17H2,1-2H3,(H,19,21). The zero-order valence-corrected chi connectivity index (χ0v) is 12.3. The highest BCUT2D eigenvalue weighted by molar-refractivity contribution is 6.03. The van der Waals surface area contributed by atoms with Crippen molar-refractivity contribution in [2.24, 2.45) is 0 Å². The van der Waals surface area contributed by atoms with Crippen molar-refractivity contribution < 1.29 is 4.79 Å². The average molecular weight is 284 g/mol. The number of aromatic nitrogens is 1. The number of nitrogens with zero attached hydrogens (tertiary/aromatic N) is 2. The molecule has 110 valence electrons. The molecule has 0 saturated carbocycles. The maximum atomic E-state index is 12.0. The Bertz CT molecular complexity index is 589. The van der Waals surface area contributed by atoms with Gasteiger partial charge in [0.15, 0.2) is 0 Å². The number of carbonyl (C=O) groups is 1. The highest BCUT2D eigenvalue weighted by atomic mass is 16.1. The summed E-state index contributed by atoms with van der Waals surface area (Å²) in [6.45, 7) is 6.15. The molecule has 0 radical (unpaired) electrons. The summed E-state index contributed by atoms with van der Waals surface area (Å²) in [6.07, 6.45) is 1.47. The Morgan fingerprint density at radius 2 is 1.81 bits per heavy atom. The van der Waals surface area contributed by atoms with Crippen molar-refractivity contribution in [2.45, 2.75) is 13.8 Å². The van der Waals surface area contributed by atoms with Crippen LogP contribution in [0.1, 0.15) is 24.3 Å². The number of pyridine rings is 1. The Hall–Kier alpha value is -2.56. The van der Waals surface area contributed by atoms with E-state index in [1.807, 2.05) is 24.3 Å². The molecule has 2 rings (SSSR count). The van der Waals surface area contributed by atoms with Crippen LogP contribution in [0.2, 0.25) is 0 Å². The number of amides is 1. The van der Waals surface area contributed by atoms with Gasteiger partial charge in [-0.1, -0.05) is 0 Å². The lowest BCUT2D eigenvalue weighted by Gasteiger charge is -2.21. The number of nitrogens with two attached hydrogens (primary N) is 1.